The van der Waals surface area contributed by atoms with E-state index in [0.717, 1.165) is 6.42 Å². The summed E-state index contributed by atoms with van der Waals surface area (Å²) in [5, 5.41) is 0. The third kappa shape index (κ3) is 2.89. The van der Waals surface area contributed by atoms with Gasteiger partial charge < -0.3 is 0 Å². The van der Waals surface area contributed by atoms with Crippen LogP contribution in [-0.4, -0.2) is 0 Å². The fourth-order valence-electron chi connectivity index (χ4n) is 2.23. The summed E-state index contributed by atoms with van der Waals surface area (Å²) in [4.78, 5) is 0. The highest BCUT2D eigenvalue weighted by atomic mass is 14.2. The predicted molar refractivity (Wildman–Crippen MR) is 79.0 cm³/mol. The number of aryl methyl sites for hydroxylation is 2. The molecule has 0 radical (unpaired) electrons. The quantitative estimate of drug-likeness (QED) is 0.654. The molecule has 0 spiro atoms. The maximum atomic E-state index is 3.89. The van der Waals surface area contributed by atoms with E-state index < -0.39 is 0 Å². The number of rotatable bonds is 4. The molecule has 2 rings (SSSR count). The molecule has 0 aliphatic carbocycles. The first kappa shape index (κ1) is 12.6. The van der Waals surface area contributed by atoms with Crippen LogP contribution in [0.1, 0.15) is 34.6 Å². The van der Waals surface area contributed by atoms with Crippen molar-refractivity contribution in [1.82, 2.24) is 0 Å². The Kier molecular flexibility index (Phi) is 3.99. The Morgan fingerprint density at radius 1 is 0.833 bits per heavy atom. The van der Waals surface area contributed by atoms with Crippen LogP contribution in [0.3, 0.4) is 0 Å². The molecule has 0 N–H and O–H groups in total. The maximum absolute atomic E-state index is 3.89. The molecular weight excluding hydrogens is 216 g/mol. The molecule has 0 bridgehead atoms. The molecule has 0 atom stereocenters. The van der Waals surface area contributed by atoms with E-state index in [4.69, 9.17) is 0 Å². The highest BCUT2D eigenvalue weighted by molar-refractivity contribution is 5.35. The van der Waals surface area contributed by atoms with Gasteiger partial charge in [-0.1, -0.05) is 65.7 Å². The van der Waals surface area contributed by atoms with Gasteiger partial charge in [-0.25, -0.2) is 0 Å². The molecule has 0 fully saturated rings. The zero-order valence-electron chi connectivity index (χ0n) is 11.2. The Morgan fingerprint density at radius 2 is 1.22 bits per heavy atom. The van der Waals surface area contributed by atoms with Gasteiger partial charge in [0.05, 0.1) is 0 Å². The van der Waals surface area contributed by atoms with E-state index in [-0.39, 0.29) is 0 Å². The van der Waals surface area contributed by atoms with Crippen molar-refractivity contribution < 1.29 is 0 Å². The van der Waals surface area contributed by atoms with Gasteiger partial charge in [-0.15, -0.1) is 6.58 Å². The SMILES string of the molecule is C=CCC(c1ccc(C)cc1)c1ccc(C)cc1. The first-order valence-corrected chi connectivity index (χ1v) is 6.44. The van der Waals surface area contributed by atoms with E-state index in [0.29, 0.717) is 5.92 Å². The predicted octanol–water partition coefficient (Wildman–Crippen LogP) is 5.01. The van der Waals surface area contributed by atoms with Crippen molar-refractivity contribution in [3.63, 3.8) is 0 Å². The van der Waals surface area contributed by atoms with Gasteiger partial charge in [0, 0.05) is 5.92 Å². The fourth-order valence-corrected chi connectivity index (χ4v) is 2.23. The molecule has 92 valence electrons. The normalized spacial score (nSPS) is 10.6. The average molecular weight is 236 g/mol. The summed E-state index contributed by atoms with van der Waals surface area (Å²) in [6, 6.07) is 17.6. The zero-order chi connectivity index (χ0) is 13.0. The minimum Gasteiger partial charge on any atom is -0.103 e. The van der Waals surface area contributed by atoms with Crippen LogP contribution in [0.4, 0.5) is 0 Å². The van der Waals surface area contributed by atoms with Crippen molar-refractivity contribution in [3.05, 3.63) is 83.4 Å². The lowest BCUT2D eigenvalue weighted by Crippen LogP contribution is -2.00. The summed E-state index contributed by atoms with van der Waals surface area (Å²) in [7, 11) is 0. The molecule has 0 saturated carbocycles. The van der Waals surface area contributed by atoms with Crippen LogP contribution in [0, 0.1) is 13.8 Å². The summed E-state index contributed by atoms with van der Waals surface area (Å²) in [6.07, 6.45) is 2.98. The molecule has 18 heavy (non-hydrogen) atoms. The van der Waals surface area contributed by atoms with E-state index in [1.807, 2.05) is 6.08 Å². The lowest BCUT2D eigenvalue weighted by Gasteiger charge is -2.16. The third-order valence-electron chi connectivity index (χ3n) is 3.36. The van der Waals surface area contributed by atoms with Crippen molar-refractivity contribution in [2.24, 2.45) is 0 Å². The van der Waals surface area contributed by atoms with Crippen LogP contribution >= 0.6 is 0 Å². The summed E-state index contributed by atoms with van der Waals surface area (Å²) in [6.45, 7) is 8.13. The minimum absolute atomic E-state index is 0.420. The monoisotopic (exact) mass is 236 g/mol. The molecule has 0 nitrogen and oxygen atoms in total. The van der Waals surface area contributed by atoms with E-state index in [9.17, 15) is 0 Å². The van der Waals surface area contributed by atoms with Crippen molar-refractivity contribution >= 4 is 0 Å². The summed E-state index contributed by atoms with van der Waals surface area (Å²) in [5.41, 5.74) is 5.34. The minimum atomic E-state index is 0.420. The van der Waals surface area contributed by atoms with E-state index in [2.05, 4.69) is 69.0 Å². The van der Waals surface area contributed by atoms with Crippen LogP contribution in [0.2, 0.25) is 0 Å². The van der Waals surface area contributed by atoms with E-state index in [1.165, 1.54) is 22.3 Å². The molecule has 2 aromatic rings. The second-order valence-corrected chi connectivity index (χ2v) is 4.90. The van der Waals surface area contributed by atoms with Crippen LogP contribution in [0.5, 0.6) is 0 Å². The van der Waals surface area contributed by atoms with Crippen LogP contribution in [-0.2, 0) is 0 Å². The molecule has 0 aromatic heterocycles. The van der Waals surface area contributed by atoms with Gasteiger partial charge in [0.15, 0.2) is 0 Å². The Labute approximate surface area is 110 Å². The highest BCUT2D eigenvalue weighted by Gasteiger charge is 2.12. The molecule has 0 amide bonds. The van der Waals surface area contributed by atoms with Gasteiger partial charge in [-0.2, -0.15) is 0 Å². The second-order valence-electron chi connectivity index (χ2n) is 4.90. The van der Waals surface area contributed by atoms with Gasteiger partial charge in [-0.05, 0) is 31.4 Å². The first-order chi connectivity index (χ1) is 8.70. The smallest absolute Gasteiger partial charge is 0.0124 e. The first-order valence-electron chi connectivity index (χ1n) is 6.44. The van der Waals surface area contributed by atoms with Gasteiger partial charge in [-0.3, -0.25) is 0 Å². The van der Waals surface area contributed by atoms with Crippen LogP contribution in [0.25, 0.3) is 0 Å². The molecule has 0 aliphatic rings. The number of benzene rings is 2. The summed E-state index contributed by atoms with van der Waals surface area (Å²) < 4.78 is 0. The van der Waals surface area contributed by atoms with Crippen molar-refractivity contribution in [2.75, 3.05) is 0 Å². The lowest BCUT2D eigenvalue weighted by atomic mass is 9.88. The lowest BCUT2D eigenvalue weighted by molar-refractivity contribution is 0.830. The number of hydrogen-bond acceptors (Lipinski definition) is 0. The van der Waals surface area contributed by atoms with Crippen LogP contribution in [0.15, 0.2) is 61.2 Å². The Hall–Kier alpha value is -1.82. The van der Waals surface area contributed by atoms with Crippen molar-refractivity contribution in [1.29, 1.82) is 0 Å². The molecule has 0 heterocycles. The van der Waals surface area contributed by atoms with Gasteiger partial charge in [0.1, 0.15) is 0 Å². The molecular formula is C18H20. The Balaban J connectivity index is 2.35. The van der Waals surface area contributed by atoms with E-state index in [1.54, 1.807) is 0 Å². The Morgan fingerprint density at radius 3 is 1.56 bits per heavy atom. The Bertz CT molecular complexity index is 457. The largest absolute Gasteiger partial charge is 0.103 e. The standard InChI is InChI=1S/C18H20/c1-4-5-18(16-10-6-14(2)7-11-16)17-12-8-15(3)9-13-17/h4,6-13,18H,1,5H2,2-3H3. The molecule has 0 aliphatic heterocycles. The summed E-state index contributed by atoms with van der Waals surface area (Å²) in [5.74, 6) is 0.420. The molecule has 0 unspecified atom stereocenters. The van der Waals surface area contributed by atoms with Gasteiger partial charge in [0.25, 0.3) is 0 Å². The van der Waals surface area contributed by atoms with Crippen LogP contribution < -0.4 is 0 Å². The van der Waals surface area contributed by atoms with Gasteiger partial charge >= 0.3 is 0 Å². The zero-order valence-corrected chi connectivity index (χ0v) is 11.2. The van der Waals surface area contributed by atoms with Crippen molar-refractivity contribution in [3.8, 4) is 0 Å². The summed E-state index contributed by atoms with van der Waals surface area (Å²) >= 11 is 0. The second kappa shape index (κ2) is 5.68. The topological polar surface area (TPSA) is 0 Å². The highest BCUT2D eigenvalue weighted by Crippen LogP contribution is 2.28. The van der Waals surface area contributed by atoms with E-state index >= 15 is 0 Å². The van der Waals surface area contributed by atoms with Gasteiger partial charge in [0.2, 0.25) is 0 Å². The molecule has 0 saturated heterocycles. The molecule has 0 heteroatoms. The van der Waals surface area contributed by atoms with Crippen molar-refractivity contribution in [2.45, 2.75) is 26.2 Å². The third-order valence-corrected chi connectivity index (χ3v) is 3.36. The number of allylic oxidation sites excluding steroid dienone is 1. The molecule has 2 aromatic carbocycles. The maximum Gasteiger partial charge on any atom is 0.0124 e. The fraction of sp³-hybridized carbons (Fsp3) is 0.222. The average Bonchev–Trinajstić information content (AvgIpc) is 2.39. The number of hydrogen-bond donors (Lipinski definition) is 0.